The molecule has 2 aromatic rings. The van der Waals surface area contributed by atoms with Gasteiger partial charge in [-0.25, -0.2) is 4.79 Å². The van der Waals surface area contributed by atoms with Gasteiger partial charge in [-0.15, -0.1) is 0 Å². The molecule has 15 heavy (non-hydrogen) atoms. The Morgan fingerprint density at radius 1 is 1.40 bits per heavy atom. The summed E-state index contributed by atoms with van der Waals surface area (Å²) < 4.78 is 4.70. The van der Waals surface area contributed by atoms with Gasteiger partial charge in [-0.05, 0) is 30.7 Å². The molecule has 1 aromatic heterocycles. The Morgan fingerprint density at radius 3 is 2.93 bits per heavy atom. The fourth-order valence-electron chi connectivity index (χ4n) is 1.56. The first-order valence-corrected chi connectivity index (χ1v) is 4.66. The molecule has 0 saturated carbocycles. The third-order valence-corrected chi connectivity index (χ3v) is 2.35. The fraction of sp³-hybridized carbons (Fsp3) is 0.167. The van der Waals surface area contributed by atoms with E-state index in [1.807, 2.05) is 25.1 Å². The molecule has 2 rings (SSSR count). The van der Waals surface area contributed by atoms with E-state index in [1.54, 1.807) is 12.3 Å². The number of hydrogen-bond acceptors (Lipinski definition) is 3. The number of ether oxygens (including phenoxy) is 1. The Labute approximate surface area is 87.7 Å². The van der Waals surface area contributed by atoms with E-state index in [0.717, 1.165) is 16.5 Å². The lowest BCUT2D eigenvalue weighted by Gasteiger charge is -2.05. The van der Waals surface area contributed by atoms with E-state index >= 15 is 0 Å². The number of aromatic nitrogens is 1. The minimum atomic E-state index is -0.319. The van der Waals surface area contributed by atoms with E-state index in [0.29, 0.717) is 5.56 Å². The summed E-state index contributed by atoms with van der Waals surface area (Å²) in [4.78, 5) is 15.6. The Hall–Kier alpha value is -1.90. The number of fused-ring (bicyclic) bond motifs is 1. The number of carbonyl (C=O) groups excluding carboxylic acids is 1. The molecule has 0 aliphatic carbocycles. The molecular weight excluding hydrogens is 190 g/mol. The maximum Gasteiger partial charge on any atom is 0.338 e. The van der Waals surface area contributed by atoms with E-state index in [2.05, 4.69) is 4.98 Å². The molecule has 0 N–H and O–H groups in total. The maximum atomic E-state index is 11.4. The second-order valence-electron chi connectivity index (χ2n) is 3.35. The van der Waals surface area contributed by atoms with Crippen LogP contribution in [0, 0.1) is 6.92 Å². The van der Waals surface area contributed by atoms with Crippen molar-refractivity contribution in [2.75, 3.05) is 7.11 Å². The molecular formula is C12H11NO2. The summed E-state index contributed by atoms with van der Waals surface area (Å²) in [5, 5.41) is 1.03. The van der Waals surface area contributed by atoms with E-state index in [4.69, 9.17) is 4.74 Å². The zero-order valence-electron chi connectivity index (χ0n) is 8.65. The number of pyridine rings is 1. The summed E-state index contributed by atoms with van der Waals surface area (Å²) in [5.41, 5.74) is 2.29. The highest BCUT2D eigenvalue weighted by molar-refractivity contribution is 5.95. The Kier molecular flexibility index (Phi) is 2.37. The topological polar surface area (TPSA) is 39.2 Å². The van der Waals surface area contributed by atoms with Gasteiger partial charge < -0.3 is 4.74 Å². The molecule has 0 spiro atoms. The molecule has 0 radical (unpaired) electrons. The molecule has 3 nitrogen and oxygen atoms in total. The summed E-state index contributed by atoms with van der Waals surface area (Å²) in [6.07, 6.45) is 1.71. The van der Waals surface area contributed by atoms with Crippen molar-refractivity contribution in [2.24, 2.45) is 0 Å². The number of nitrogens with zero attached hydrogens (tertiary/aromatic N) is 1. The highest BCUT2D eigenvalue weighted by Crippen LogP contribution is 2.18. The lowest BCUT2D eigenvalue weighted by atomic mass is 10.1. The highest BCUT2D eigenvalue weighted by atomic mass is 16.5. The molecule has 0 saturated heterocycles. The van der Waals surface area contributed by atoms with Crippen molar-refractivity contribution in [2.45, 2.75) is 6.92 Å². The molecule has 76 valence electrons. The third kappa shape index (κ3) is 1.68. The molecule has 0 amide bonds. The lowest BCUT2D eigenvalue weighted by molar-refractivity contribution is 0.0600. The quantitative estimate of drug-likeness (QED) is 0.665. The van der Waals surface area contributed by atoms with Crippen LogP contribution in [0.2, 0.25) is 0 Å². The molecule has 3 heteroatoms. The summed E-state index contributed by atoms with van der Waals surface area (Å²) in [5.74, 6) is -0.319. The van der Waals surface area contributed by atoms with Gasteiger partial charge in [0.05, 0.1) is 18.2 Å². The van der Waals surface area contributed by atoms with Crippen LogP contribution in [0.5, 0.6) is 0 Å². The highest BCUT2D eigenvalue weighted by Gasteiger charge is 2.10. The minimum Gasteiger partial charge on any atom is -0.465 e. The van der Waals surface area contributed by atoms with E-state index in [1.165, 1.54) is 7.11 Å². The number of methoxy groups -OCH3 is 1. The summed E-state index contributed by atoms with van der Waals surface area (Å²) in [7, 11) is 1.38. The van der Waals surface area contributed by atoms with Crippen molar-refractivity contribution in [1.29, 1.82) is 0 Å². The smallest absolute Gasteiger partial charge is 0.338 e. The Balaban J connectivity index is 2.67. The number of hydrogen-bond donors (Lipinski definition) is 0. The zero-order valence-corrected chi connectivity index (χ0v) is 8.65. The van der Waals surface area contributed by atoms with Crippen LogP contribution in [-0.4, -0.2) is 18.1 Å². The summed E-state index contributed by atoms with van der Waals surface area (Å²) in [6, 6.07) is 7.54. The van der Waals surface area contributed by atoms with Crippen LogP contribution in [0.4, 0.5) is 0 Å². The van der Waals surface area contributed by atoms with Gasteiger partial charge in [0, 0.05) is 11.6 Å². The molecule has 0 aliphatic heterocycles. The van der Waals surface area contributed by atoms with Crippen LogP contribution in [-0.2, 0) is 4.74 Å². The number of carbonyl (C=O) groups is 1. The van der Waals surface area contributed by atoms with Gasteiger partial charge in [0.15, 0.2) is 0 Å². The normalized spacial score (nSPS) is 10.3. The van der Waals surface area contributed by atoms with Crippen LogP contribution in [0.1, 0.15) is 15.9 Å². The van der Waals surface area contributed by atoms with Crippen molar-refractivity contribution < 1.29 is 9.53 Å². The molecule has 1 aromatic carbocycles. The van der Waals surface area contributed by atoms with Crippen LogP contribution in [0.25, 0.3) is 10.9 Å². The van der Waals surface area contributed by atoms with Gasteiger partial charge in [0.25, 0.3) is 0 Å². The second kappa shape index (κ2) is 3.69. The molecule has 0 fully saturated rings. The number of aryl methyl sites for hydroxylation is 1. The number of benzene rings is 1. The van der Waals surface area contributed by atoms with Crippen LogP contribution in [0.3, 0.4) is 0 Å². The summed E-state index contributed by atoms with van der Waals surface area (Å²) in [6.45, 7) is 1.89. The first-order chi connectivity index (χ1) is 7.22. The van der Waals surface area contributed by atoms with Crippen LogP contribution >= 0.6 is 0 Å². The van der Waals surface area contributed by atoms with Crippen molar-refractivity contribution in [3.63, 3.8) is 0 Å². The lowest BCUT2D eigenvalue weighted by Crippen LogP contribution is -2.03. The minimum absolute atomic E-state index is 0.319. The largest absolute Gasteiger partial charge is 0.465 e. The SMILES string of the molecule is COC(=O)c1cc2ncccc2cc1C. The summed E-state index contributed by atoms with van der Waals surface area (Å²) >= 11 is 0. The Bertz CT molecular complexity index is 520. The van der Waals surface area contributed by atoms with Gasteiger partial charge in [-0.2, -0.15) is 0 Å². The molecule has 0 bridgehead atoms. The van der Waals surface area contributed by atoms with Crippen LogP contribution in [0.15, 0.2) is 30.5 Å². The van der Waals surface area contributed by atoms with Crippen molar-refractivity contribution in [3.05, 3.63) is 41.6 Å². The molecule has 0 unspecified atom stereocenters. The zero-order chi connectivity index (χ0) is 10.8. The number of esters is 1. The first kappa shape index (κ1) is 9.65. The predicted octanol–water partition coefficient (Wildman–Crippen LogP) is 2.33. The van der Waals surface area contributed by atoms with E-state index < -0.39 is 0 Å². The average molecular weight is 201 g/mol. The van der Waals surface area contributed by atoms with Gasteiger partial charge in [0.2, 0.25) is 0 Å². The van der Waals surface area contributed by atoms with Crippen molar-refractivity contribution >= 4 is 16.9 Å². The van der Waals surface area contributed by atoms with Crippen LogP contribution < -0.4 is 0 Å². The van der Waals surface area contributed by atoms with Crippen molar-refractivity contribution in [3.8, 4) is 0 Å². The predicted molar refractivity (Wildman–Crippen MR) is 57.8 cm³/mol. The first-order valence-electron chi connectivity index (χ1n) is 4.66. The monoisotopic (exact) mass is 201 g/mol. The van der Waals surface area contributed by atoms with Gasteiger partial charge in [-0.1, -0.05) is 6.07 Å². The average Bonchev–Trinajstić information content (AvgIpc) is 2.27. The molecule has 0 atom stereocenters. The molecule has 1 heterocycles. The van der Waals surface area contributed by atoms with Gasteiger partial charge in [-0.3, -0.25) is 4.98 Å². The van der Waals surface area contributed by atoms with Gasteiger partial charge in [0.1, 0.15) is 0 Å². The molecule has 0 aliphatic rings. The Morgan fingerprint density at radius 2 is 2.20 bits per heavy atom. The number of rotatable bonds is 1. The van der Waals surface area contributed by atoms with E-state index in [-0.39, 0.29) is 5.97 Å². The third-order valence-electron chi connectivity index (χ3n) is 2.35. The van der Waals surface area contributed by atoms with Crippen molar-refractivity contribution in [1.82, 2.24) is 4.98 Å². The van der Waals surface area contributed by atoms with Gasteiger partial charge >= 0.3 is 5.97 Å². The van der Waals surface area contributed by atoms with E-state index in [9.17, 15) is 4.79 Å². The fourth-order valence-corrected chi connectivity index (χ4v) is 1.56. The standard InChI is InChI=1S/C12H11NO2/c1-8-6-9-4-3-5-13-11(9)7-10(8)12(14)15-2/h3-7H,1-2H3. The maximum absolute atomic E-state index is 11.4. The second-order valence-corrected chi connectivity index (χ2v) is 3.35.